The number of pyridine rings is 1. The van der Waals surface area contributed by atoms with Gasteiger partial charge in [-0.3, -0.25) is 0 Å². The lowest BCUT2D eigenvalue weighted by Gasteiger charge is -2.67. The van der Waals surface area contributed by atoms with Crippen LogP contribution in [0.3, 0.4) is 0 Å². The van der Waals surface area contributed by atoms with Gasteiger partial charge in [0.2, 0.25) is 0 Å². The molecular formula is C44H34FN. The Kier molecular flexibility index (Phi) is 5.65. The zero-order chi connectivity index (χ0) is 30.4. The summed E-state index contributed by atoms with van der Waals surface area (Å²) in [6.07, 6.45) is 5.23. The first-order valence-corrected chi connectivity index (χ1v) is 16.8. The number of rotatable bonds is 4. The monoisotopic (exact) mass is 595 g/mol. The van der Waals surface area contributed by atoms with Crippen molar-refractivity contribution in [3.8, 4) is 55.9 Å². The molecular weight excluding hydrogens is 561 g/mol. The number of hydrogen-bond donors (Lipinski definition) is 0. The third kappa shape index (κ3) is 3.76. The van der Waals surface area contributed by atoms with Crippen LogP contribution in [0.25, 0.3) is 55.9 Å². The molecule has 5 unspecified atom stereocenters. The lowest BCUT2D eigenvalue weighted by atomic mass is 9.37. The molecule has 1 spiro atoms. The Labute approximate surface area is 269 Å². The third-order valence-electron chi connectivity index (χ3n) is 12.1. The molecule has 6 aromatic rings. The summed E-state index contributed by atoms with van der Waals surface area (Å²) in [5.74, 6) is 2.69. The molecule has 46 heavy (non-hydrogen) atoms. The molecule has 2 bridgehead atoms. The summed E-state index contributed by atoms with van der Waals surface area (Å²) in [4.78, 5) is 5.27. The second-order valence-electron chi connectivity index (χ2n) is 14.1. The van der Waals surface area contributed by atoms with E-state index < -0.39 is 0 Å². The van der Waals surface area contributed by atoms with Gasteiger partial charge >= 0.3 is 0 Å². The van der Waals surface area contributed by atoms with E-state index in [2.05, 4.69) is 115 Å². The zero-order valence-corrected chi connectivity index (χ0v) is 25.7. The molecule has 222 valence electrons. The molecule has 0 aliphatic heterocycles. The number of benzene rings is 5. The maximum absolute atomic E-state index is 15.0. The maximum Gasteiger partial charge on any atom is 0.123 e. The van der Waals surface area contributed by atoms with Gasteiger partial charge in [-0.25, -0.2) is 9.37 Å². The van der Waals surface area contributed by atoms with Crippen LogP contribution in [0.5, 0.6) is 0 Å². The summed E-state index contributed by atoms with van der Waals surface area (Å²) in [6.45, 7) is 0. The highest BCUT2D eigenvalue weighted by atomic mass is 19.1. The Bertz CT molecular complexity index is 2090. The van der Waals surface area contributed by atoms with Crippen LogP contribution in [0.1, 0.15) is 48.6 Å². The van der Waals surface area contributed by atoms with Crippen molar-refractivity contribution < 1.29 is 4.39 Å². The van der Waals surface area contributed by atoms with Crippen LogP contribution in [-0.4, -0.2) is 4.98 Å². The number of nitrogens with zero attached hydrogens (tertiary/aromatic N) is 1. The highest BCUT2D eigenvalue weighted by Crippen LogP contribution is 2.80. The van der Waals surface area contributed by atoms with E-state index in [0.717, 1.165) is 56.6 Å². The molecule has 3 fully saturated rings. The van der Waals surface area contributed by atoms with Crippen molar-refractivity contribution in [2.75, 3.05) is 0 Å². The van der Waals surface area contributed by atoms with Gasteiger partial charge < -0.3 is 0 Å². The van der Waals surface area contributed by atoms with E-state index in [1.807, 2.05) is 12.1 Å². The second kappa shape index (κ2) is 9.84. The standard InChI is InChI=1S/C44H34FN/c45-34-16-18-36-31-19-32-23-33-24-41(44(32,33)26-31)37-17-15-29(20-39(37)40(36)25-34)35-13-7-8-14-38(35)43-22-30(27-9-3-1-4-10-27)21-42(46-43)28-11-5-2-6-12-28/h1-18,20-22,25,31-33,41H,19,23-24,26H2. The predicted octanol–water partition coefficient (Wildman–Crippen LogP) is 11.6. The first-order valence-electron chi connectivity index (χ1n) is 16.8. The van der Waals surface area contributed by atoms with Gasteiger partial charge in [-0.15, -0.1) is 0 Å². The largest absolute Gasteiger partial charge is 0.248 e. The lowest BCUT2D eigenvalue weighted by Crippen LogP contribution is -2.58. The van der Waals surface area contributed by atoms with Crippen molar-refractivity contribution >= 4 is 0 Å². The normalized spacial score (nSPS) is 24.8. The molecule has 1 nitrogen and oxygen atoms in total. The lowest BCUT2D eigenvalue weighted by molar-refractivity contribution is -0.144. The van der Waals surface area contributed by atoms with Gasteiger partial charge in [-0.2, -0.15) is 0 Å². The topological polar surface area (TPSA) is 12.9 Å². The van der Waals surface area contributed by atoms with Gasteiger partial charge in [0.25, 0.3) is 0 Å². The van der Waals surface area contributed by atoms with Crippen LogP contribution in [-0.2, 0) is 0 Å². The molecule has 1 heterocycles. The van der Waals surface area contributed by atoms with Crippen molar-refractivity contribution in [3.05, 3.63) is 150 Å². The van der Waals surface area contributed by atoms with Gasteiger partial charge in [0.05, 0.1) is 11.4 Å². The summed E-state index contributed by atoms with van der Waals surface area (Å²) in [6, 6.07) is 46.7. The zero-order valence-electron chi connectivity index (χ0n) is 25.7. The Morgan fingerprint density at radius 2 is 1.17 bits per heavy atom. The fourth-order valence-corrected chi connectivity index (χ4v) is 10.0. The SMILES string of the molecule is Fc1ccc2c(c1)-c1cc(-c3ccccc3-c3cc(-c4ccccc4)cc(-c4ccccc4)n3)ccc1C1CC3CC4CC2CC431. The Morgan fingerprint density at radius 3 is 1.98 bits per heavy atom. The molecule has 3 saturated carbocycles. The summed E-state index contributed by atoms with van der Waals surface area (Å²) >= 11 is 0. The van der Waals surface area contributed by atoms with Gasteiger partial charge in [-0.05, 0) is 130 Å². The Morgan fingerprint density at radius 1 is 0.500 bits per heavy atom. The molecule has 0 N–H and O–H groups in total. The molecule has 0 radical (unpaired) electrons. The minimum absolute atomic E-state index is 0.145. The smallest absolute Gasteiger partial charge is 0.123 e. The van der Waals surface area contributed by atoms with Crippen LogP contribution in [0.2, 0.25) is 0 Å². The second-order valence-corrected chi connectivity index (χ2v) is 14.1. The Balaban J connectivity index is 1.16. The van der Waals surface area contributed by atoms with E-state index in [-0.39, 0.29) is 5.82 Å². The predicted molar refractivity (Wildman–Crippen MR) is 185 cm³/mol. The molecule has 4 aliphatic rings. The molecule has 2 heteroatoms. The van der Waals surface area contributed by atoms with Gasteiger partial charge in [0.1, 0.15) is 5.82 Å². The highest BCUT2D eigenvalue weighted by Gasteiger charge is 2.70. The average molecular weight is 596 g/mol. The third-order valence-corrected chi connectivity index (χ3v) is 12.1. The van der Waals surface area contributed by atoms with Crippen molar-refractivity contribution in [3.63, 3.8) is 0 Å². The van der Waals surface area contributed by atoms with E-state index in [0.29, 0.717) is 17.3 Å². The van der Waals surface area contributed by atoms with Crippen LogP contribution in [0, 0.1) is 23.1 Å². The molecule has 1 aromatic heterocycles. The van der Waals surface area contributed by atoms with Crippen molar-refractivity contribution in [2.45, 2.75) is 37.5 Å². The van der Waals surface area contributed by atoms with Crippen molar-refractivity contribution in [2.24, 2.45) is 17.3 Å². The molecule has 0 saturated heterocycles. The molecule has 10 rings (SSSR count). The first kappa shape index (κ1) is 26.4. The van der Waals surface area contributed by atoms with E-state index in [4.69, 9.17) is 4.98 Å². The Hall–Kier alpha value is -4.82. The first-order chi connectivity index (χ1) is 22.7. The quantitative estimate of drug-likeness (QED) is 0.198. The van der Waals surface area contributed by atoms with Crippen LogP contribution < -0.4 is 0 Å². The highest BCUT2D eigenvalue weighted by molar-refractivity contribution is 5.88. The van der Waals surface area contributed by atoms with Crippen molar-refractivity contribution in [1.82, 2.24) is 4.98 Å². The summed E-state index contributed by atoms with van der Waals surface area (Å²) < 4.78 is 15.0. The summed E-state index contributed by atoms with van der Waals surface area (Å²) in [5, 5.41) is 0. The van der Waals surface area contributed by atoms with Gasteiger partial charge in [0.15, 0.2) is 0 Å². The minimum atomic E-state index is -0.145. The van der Waals surface area contributed by atoms with E-state index in [9.17, 15) is 4.39 Å². The van der Waals surface area contributed by atoms with E-state index >= 15 is 0 Å². The fraction of sp³-hybridized carbons (Fsp3) is 0.205. The number of fused-ring (bicyclic) bond motifs is 6. The average Bonchev–Trinajstić information content (AvgIpc) is 3.47. The number of halogens is 1. The van der Waals surface area contributed by atoms with Gasteiger partial charge in [-0.1, -0.05) is 103 Å². The van der Waals surface area contributed by atoms with E-state index in [1.54, 1.807) is 6.07 Å². The number of aromatic nitrogens is 1. The summed E-state index contributed by atoms with van der Waals surface area (Å²) in [5.41, 5.74) is 14.3. The molecule has 0 amide bonds. The van der Waals surface area contributed by atoms with Crippen LogP contribution in [0.15, 0.2) is 133 Å². The molecule has 4 aliphatic carbocycles. The number of hydrogen-bond acceptors (Lipinski definition) is 1. The van der Waals surface area contributed by atoms with Crippen LogP contribution >= 0.6 is 0 Å². The maximum atomic E-state index is 15.0. The van der Waals surface area contributed by atoms with Crippen LogP contribution in [0.4, 0.5) is 4.39 Å². The van der Waals surface area contributed by atoms with Gasteiger partial charge in [0, 0.05) is 11.1 Å². The van der Waals surface area contributed by atoms with Crippen molar-refractivity contribution in [1.29, 1.82) is 0 Å². The molecule has 5 atom stereocenters. The molecule has 5 aromatic carbocycles. The summed E-state index contributed by atoms with van der Waals surface area (Å²) in [7, 11) is 0. The fourth-order valence-electron chi connectivity index (χ4n) is 10.0. The minimum Gasteiger partial charge on any atom is -0.248 e. The van der Waals surface area contributed by atoms with E-state index in [1.165, 1.54) is 47.9 Å².